The van der Waals surface area contributed by atoms with Gasteiger partial charge >= 0.3 is 0 Å². The van der Waals surface area contributed by atoms with Crippen LogP contribution in [0.5, 0.6) is 0 Å². The molecule has 0 unspecified atom stereocenters. The lowest BCUT2D eigenvalue weighted by Crippen LogP contribution is -2.36. The lowest BCUT2D eigenvalue weighted by Gasteiger charge is -2.28. The van der Waals surface area contributed by atoms with Crippen molar-refractivity contribution in [2.24, 2.45) is 0 Å². The van der Waals surface area contributed by atoms with Crippen molar-refractivity contribution in [3.8, 4) is 11.3 Å². The molecule has 2 aromatic heterocycles. The first-order valence-corrected chi connectivity index (χ1v) is 9.78. The zero-order valence-corrected chi connectivity index (χ0v) is 16.1. The zero-order chi connectivity index (χ0) is 20.2. The molecule has 4 rings (SSSR count). The van der Waals surface area contributed by atoms with Crippen LogP contribution in [0.2, 0.25) is 0 Å². The van der Waals surface area contributed by atoms with Crippen molar-refractivity contribution in [1.82, 2.24) is 9.97 Å². The highest BCUT2D eigenvalue weighted by Crippen LogP contribution is 2.30. The first-order chi connectivity index (χ1) is 14.1. The predicted molar refractivity (Wildman–Crippen MR) is 109 cm³/mol. The molecule has 1 N–H and O–H groups in total. The third-order valence-corrected chi connectivity index (χ3v) is 5.23. The number of carbonyl (C=O) groups is 1. The van der Waals surface area contributed by atoms with Gasteiger partial charge in [0.2, 0.25) is 0 Å². The van der Waals surface area contributed by atoms with E-state index in [2.05, 4.69) is 15.3 Å². The van der Waals surface area contributed by atoms with Crippen molar-refractivity contribution in [3.63, 3.8) is 0 Å². The van der Waals surface area contributed by atoms with Gasteiger partial charge in [0.15, 0.2) is 5.13 Å². The summed E-state index contributed by atoms with van der Waals surface area (Å²) in [5.74, 6) is -0.450. The van der Waals surface area contributed by atoms with E-state index in [1.54, 1.807) is 24.5 Å². The number of nitro groups is 1. The Hall–Kier alpha value is -3.37. The van der Waals surface area contributed by atoms with E-state index in [9.17, 15) is 14.9 Å². The third kappa shape index (κ3) is 4.23. The normalized spacial score (nSPS) is 13.9. The SMILES string of the molecule is O=C(Nc1nc(-c2cccnc2)cs1)c1ccc(N2CCOCC2)c([N+](=O)[O-])c1. The number of rotatable bonds is 5. The molecule has 3 aromatic rings. The second-order valence-electron chi connectivity index (χ2n) is 6.29. The second kappa shape index (κ2) is 8.33. The van der Waals surface area contributed by atoms with Gasteiger partial charge in [-0.05, 0) is 24.3 Å². The molecule has 9 nitrogen and oxygen atoms in total. The minimum absolute atomic E-state index is 0.102. The molecule has 1 aliphatic rings. The number of anilines is 2. The van der Waals surface area contributed by atoms with E-state index >= 15 is 0 Å². The van der Waals surface area contributed by atoms with Crippen LogP contribution in [0.3, 0.4) is 0 Å². The van der Waals surface area contributed by atoms with Crippen molar-refractivity contribution in [3.05, 3.63) is 63.8 Å². The Bertz CT molecular complexity index is 1030. The summed E-state index contributed by atoms with van der Waals surface area (Å²) in [6.45, 7) is 2.18. The lowest BCUT2D eigenvalue weighted by atomic mass is 10.1. The molecule has 29 heavy (non-hydrogen) atoms. The summed E-state index contributed by atoms with van der Waals surface area (Å²) in [6.07, 6.45) is 3.36. The minimum Gasteiger partial charge on any atom is -0.378 e. The van der Waals surface area contributed by atoms with Crippen LogP contribution < -0.4 is 10.2 Å². The highest BCUT2D eigenvalue weighted by Gasteiger charge is 2.23. The number of carbonyl (C=O) groups excluding carboxylic acids is 1. The molecule has 1 aromatic carbocycles. The van der Waals surface area contributed by atoms with Gasteiger partial charge in [-0.3, -0.25) is 25.2 Å². The van der Waals surface area contributed by atoms with Gasteiger partial charge in [-0.15, -0.1) is 11.3 Å². The molecular formula is C19H17N5O4S. The van der Waals surface area contributed by atoms with E-state index in [0.717, 1.165) is 5.56 Å². The van der Waals surface area contributed by atoms with Crippen LogP contribution in [0.1, 0.15) is 10.4 Å². The number of ether oxygens (including phenoxy) is 1. The number of benzene rings is 1. The molecule has 0 saturated carbocycles. The van der Waals surface area contributed by atoms with E-state index in [-0.39, 0.29) is 11.3 Å². The van der Waals surface area contributed by atoms with Gasteiger partial charge in [-0.25, -0.2) is 4.98 Å². The quantitative estimate of drug-likeness (QED) is 0.507. The number of amides is 1. The minimum atomic E-state index is -0.467. The average Bonchev–Trinajstić information content (AvgIpc) is 3.23. The molecule has 0 aliphatic carbocycles. The van der Waals surface area contributed by atoms with Gasteiger partial charge in [0.1, 0.15) is 5.69 Å². The molecule has 1 amide bonds. The molecule has 1 fully saturated rings. The molecule has 1 aliphatic heterocycles. The van der Waals surface area contributed by atoms with Crippen molar-refractivity contribution in [2.45, 2.75) is 0 Å². The van der Waals surface area contributed by atoms with Crippen LogP contribution in [-0.2, 0) is 4.74 Å². The zero-order valence-electron chi connectivity index (χ0n) is 15.3. The maximum absolute atomic E-state index is 12.6. The Balaban J connectivity index is 1.53. The Labute approximate surface area is 170 Å². The van der Waals surface area contributed by atoms with Gasteiger partial charge in [0.25, 0.3) is 11.6 Å². The van der Waals surface area contributed by atoms with Crippen molar-refractivity contribution in [1.29, 1.82) is 0 Å². The van der Waals surface area contributed by atoms with E-state index in [4.69, 9.17) is 4.74 Å². The van der Waals surface area contributed by atoms with Crippen LogP contribution in [0, 0.1) is 10.1 Å². The first kappa shape index (κ1) is 19.0. The average molecular weight is 411 g/mol. The lowest BCUT2D eigenvalue weighted by molar-refractivity contribution is -0.384. The number of nitrogens with zero attached hydrogens (tertiary/aromatic N) is 4. The fraction of sp³-hybridized carbons (Fsp3) is 0.211. The fourth-order valence-corrected chi connectivity index (χ4v) is 3.74. The summed E-state index contributed by atoms with van der Waals surface area (Å²) in [5.41, 5.74) is 2.13. The maximum Gasteiger partial charge on any atom is 0.293 e. The molecule has 148 valence electrons. The van der Waals surface area contributed by atoms with Crippen LogP contribution >= 0.6 is 11.3 Å². The topological polar surface area (TPSA) is 110 Å². The number of pyridine rings is 1. The summed E-state index contributed by atoms with van der Waals surface area (Å²) in [4.78, 5) is 34.0. The van der Waals surface area contributed by atoms with Crippen molar-refractivity contribution >= 4 is 33.8 Å². The number of nitro benzene ring substituents is 1. The number of morpholine rings is 1. The monoisotopic (exact) mass is 411 g/mol. The molecule has 1 saturated heterocycles. The molecule has 0 atom stereocenters. The third-order valence-electron chi connectivity index (χ3n) is 4.47. The number of aromatic nitrogens is 2. The standard InChI is InChI=1S/C19H17N5O4S/c25-18(22-19-21-15(12-29-19)14-2-1-5-20-11-14)13-3-4-16(17(10-13)24(26)27)23-6-8-28-9-7-23/h1-5,10-12H,6-9H2,(H,21,22,25). The van der Waals surface area contributed by atoms with E-state index in [0.29, 0.717) is 42.8 Å². The van der Waals surface area contributed by atoms with E-state index in [1.807, 2.05) is 22.4 Å². The second-order valence-corrected chi connectivity index (χ2v) is 7.15. The molecule has 0 bridgehead atoms. The molecule has 0 radical (unpaired) electrons. The molecule has 10 heteroatoms. The Morgan fingerprint density at radius 1 is 1.28 bits per heavy atom. The Morgan fingerprint density at radius 3 is 2.83 bits per heavy atom. The Morgan fingerprint density at radius 2 is 2.10 bits per heavy atom. The predicted octanol–water partition coefficient (Wildman–Crippen LogP) is 3.20. The smallest absolute Gasteiger partial charge is 0.293 e. The van der Waals surface area contributed by atoms with Crippen molar-refractivity contribution < 1.29 is 14.5 Å². The summed E-state index contributed by atoms with van der Waals surface area (Å²) in [5, 5.41) is 16.5. The van der Waals surface area contributed by atoms with E-state index < -0.39 is 10.8 Å². The summed E-state index contributed by atoms with van der Waals surface area (Å²) in [7, 11) is 0. The van der Waals surface area contributed by atoms with Gasteiger partial charge in [-0.1, -0.05) is 0 Å². The molecule has 3 heterocycles. The summed E-state index contributed by atoms with van der Waals surface area (Å²) in [6, 6.07) is 8.18. The van der Waals surface area contributed by atoms with Crippen LogP contribution in [0.15, 0.2) is 48.1 Å². The van der Waals surface area contributed by atoms with Crippen LogP contribution in [-0.4, -0.2) is 47.1 Å². The number of thiazole rings is 1. The highest BCUT2D eigenvalue weighted by molar-refractivity contribution is 7.14. The van der Waals surface area contributed by atoms with Gasteiger partial charge in [-0.2, -0.15) is 0 Å². The number of hydrogen-bond acceptors (Lipinski definition) is 8. The molecule has 0 spiro atoms. The fourth-order valence-electron chi connectivity index (χ4n) is 3.03. The maximum atomic E-state index is 12.6. The van der Waals surface area contributed by atoms with Gasteiger partial charge < -0.3 is 9.64 Å². The first-order valence-electron chi connectivity index (χ1n) is 8.90. The Kier molecular flexibility index (Phi) is 5.45. The van der Waals surface area contributed by atoms with Crippen molar-refractivity contribution in [2.75, 3.05) is 36.5 Å². The molecular weight excluding hydrogens is 394 g/mol. The summed E-state index contributed by atoms with van der Waals surface area (Å²) >= 11 is 1.28. The van der Waals surface area contributed by atoms with E-state index in [1.165, 1.54) is 17.4 Å². The largest absolute Gasteiger partial charge is 0.378 e. The highest BCUT2D eigenvalue weighted by atomic mass is 32.1. The van der Waals surface area contributed by atoms with Crippen LogP contribution in [0.4, 0.5) is 16.5 Å². The number of nitrogens with one attached hydrogen (secondary N) is 1. The number of hydrogen-bond donors (Lipinski definition) is 1. The van der Waals surface area contributed by atoms with Gasteiger partial charge in [0.05, 0.1) is 23.8 Å². The van der Waals surface area contributed by atoms with Gasteiger partial charge in [0, 0.05) is 48.1 Å². The summed E-state index contributed by atoms with van der Waals surface area (Å²) < 4.78 is 5.30. The van der Waals surface area contributed by atoms with Crippen LogP contribution in [0.25, 0.3) is 11.3 Å².